The largest absolute Gasteiger partial charge is 0.396 e. The van der Waals surface area contributed by atoms with Crippen molar-refractivity contribution in [3.63, 3.8) is 0 Å². The zero-order valence-corrected chi connectivity index (χ0v) is 8.65. The number of ketones is 1. The van der Waals surface area contributed by atoms with Crippen molar-refractivity contribution in [3.8, 4) is 0 Å². The molecule has 15 heavy (non-hydrogen) atoms. The fraction of sp³-hybridized carbons (Fsp3) is 0.545. The Bertz CT molecular complexity index is 321. The first kappa shape index (κ1) is 10.4. The van der Waals surface area contributed by atoms with Crippen LogP contribution in [-0.4, -0.2) is 47.0 Å². The van der Waals surface area contributed by atoms with Crippen LogP contribution in [0.2, 0.25) is 0 Å². The SMILES string of the molecule is O=C(CN1CC[C@H](CO)C1)c1ccc[nH]1. The molecule has 1 aromatic heterocycles. The fourth-order valence-electron chi connectivity index (χ4n) is 2.00. The Hall–Kier alpha value is -1.13. The third kappa shape index (κ3) is 2.46. The Morgan fingerprint density at radius 3 is 3.13 bits per heavy atom. The molecular weight excluding hydrogens is 192 g/mol. The van der Waals surface area contributed by atoms with Crippen LogP contribution in [0, 0.1) is 5.92 Å². The van der Waals surface area contributed by atoms with Gasteiger partial charge in [0.2, 0.25) is 0 Å². The number of carbonyl (C=O) groups is 1. The second-order valence-corrected chi connectivity index (χ2v) is 4.08. The van der Waals surface area contributed by atoms with Gasteiger partial charge in [-0.15, -0.1) is 0 Å². The molecule has 2 heterocycles. The number of carbonyl (C=O) groups excluding carboxylic acids is 1. The number of rotatable bonds is 4. The van der Waals surface area contributed by atoms with E-state index in [0.717, 1.165) is 19.5 Å². The van der Waals surface area contributed by atoms with Gasteiger partial charge in [0.15, 0.2) is 5.78 Å². The van der Waals surface area contributed by atoms with Crippen LogP contribution < -0.4 is 0 Å². The van der Waals surface area contributed by atoms with Gasteiger partial charge in [-0.3, -0.25) is 9.69 Å². The molecular formula is C11H16N2O2. The summed E-state index contributed by atoms with van der Waals surface area (Å²) in [6, 6.07) is 3.62. The molecule has 2 rings (SSSR count). The Kier molecular flexibility index (Phi) is 3.18. The molecule has 0 amide bonds. The average Bonchev–Trinajstić information content (AvgIpc) is 2.87. The van der Waals surface area contributed by atoms with Gasteiger partial charge in [-0.25, -0.2) is 0 Å². The molecule has 0 radical (unpaired) electrons. The minimum atomic E-state index is 0.124. The molecule has 1 atom stereocenters. The zero-order valence-electron chi connectivity index (χ0n) is 8.65. The number of likely N-dealkylation sites (tertiary alicyclic amines) is 1. The van der Waals surface area contributed by atoms with E-state index in [0.29, 0.717) is 18.2 Å². The fourth-order valence-corrected chi connectivity index (χ4v) is 2.00. The molecule has 1 aliphatic rings. The monoisotopic (exact) mass is 208 g/mol. The molecule has 1 fully saturated rings. The molecule has 82 valence electrons. The molecule has 2 N–H and O–H groups in total. The van der Waals surface area contributed by atoms with Gasteiger partial charge >= 0.3 is 0 Å². The number of aromatic amines is 1. The highest BCUT2D eigenvalue weighted by atomic mass is 16.3. The maximum atomic E-state index is 11.7. The smallest absolute Gasteiger partial charge is 0.192 e. The molecule has 4 nitrogen and oxygen atoms in total. The van der Waals surface area contributed by atoms with Crippen LogP contribution in [0.15, 0.2) is 18.3 Å². The first-order chi connectivity index (χ1) is 7.29. The van der Waals surface area contributed by atoms with Crippen molar-refractivity contribution in [1.82, 2.24) is 9.88 Å². The summed E-state index contributed by atoms with van der Waals surface area (Å²) < 4.78 is 0. The minimum absolute atomic E-state index is 0.124. The summed E-state index contributed by atoms with van der Waals surface area (Å²) in [6.07, 6.45) is 2.75. The van der Waals surface area contributed by atoms with Gasteiger partial charge < -0.3 is 10.1 Å². The second-order valence-electron chi connectivity index (χ2n) is 4.08. The number of aliphatic hydroxyl groups excluding tert-OH is 1. The number of H-pyrrole nitrogens is 1. The molecule has 0 aromatic carbocycles. The minimum Gasteiger partial charge on any atom is -0.396 e. The van der Waals surface area contributed by atoms with E-state index in [2.05, 4.69) is 9.88 Å². The molecule has 4 heteroatoms. The van der Waals surface area contributed by atoms with Crippen LogP contribution in [0.5, 0.6) is 0 Å². The van der Waals surface area contributed by atoms with Crippen molar-refractivity contribution in [3.05, 3.63) is 24.0 Å². The van der Waals surface area contributed by atoms with Gasteiger partial charge in [0.1, 0.15) is 0 Å². The number of nitrogens with zero attached hydrogens (tertiary/aromatic N) is 1. The highest BCUT2D eigenvalue weighted by Gasteiger charge is 2.23. The van der Waals surface area contributed by atoms with E-state index in [1.807, 2.05) is 6.07 Å². The van der Waals surface area contributed by atoms with Crippen molar-refractivity contribution < 1.29 is 9.90 Å². The Balaban J connectivity index is 1.86. The first-order valence-electron chi connectivity index (χ1n) is 5.29. The van der Waals surface area contributed by atoms with E-state index in [9.17, 15) is 4.79 Å². The number of Topliss-reactive ketones (excluding diaryl/α,β-unsaturated/α-hetero) is 1. The van der Waals surface area contributed by atoms with Gasteiger partial charge in [-0.2, -0.15) is 0 Å². The maximum Gasteiger partial charge on any atom is 0.192 e. The normalized spacial score (nSPS) is 22.1. The molecule has 0 aliphatic carbocycles. The lowest BCUT2D eigenvalue weighted by Crippen LogP contribution is -2.28. The highest BCUT2D eigenvalue weighted by Crippen LogP contribution is 2.15. The zero-order chi connectivity index (χ0) is 10.7. The summed E-state index contributed by atoms with van der Waals surface area (Å²) in [7, 11) is 0. The average molecular weight is 208 g/mol. The van der Waals surface area contributed by atoms with Crippen LogP contribution in [0.4, 0.5) is 0 Å². The molecule has 1 aliphatic heterocycles. The van der Waals surface area contributed by atoms with E-state index < -0.39 is 0 Å². The predicted octanol–water partition coefficient (Wildman–Crippen LogP) is 0.512. The van der Waals surface area contributed by atoms with Crippen molar-refractivity contribution >= 4 is 5.78 Å². The predicted molar refractivity (Wildman–Crippen MR) is 56.8 cm³/mol. The van der Waals surface area contributed by atoms with Crippen LogP contribution in [0.3, 0.4) is 0 Å². The number of aliphatic hydroxyl groups is 1. The third-order valence-electron chi connectivity index (χ3n) is 2.89. The summed E-state index contributed by atoms with van der Waals surface area (Å²) in [5.74, 6) is 0.472. The van der Waals surface area contributed by atoms with Crippen molar-refractivity contribution in [2.75, 3.05) is 26.2 Å². The molecule has 0 spiro atoms. The molecule has 0 unspecified atom stereocenters. The third-order valence-corrected chi connectivity index (χ3v) is 2.89. The van der Waals surface area contributed by atoms with E-state index >= 15 is 0 Å². The summed E-state index contributed by atoms with van der Waals surface area (Å²) in [5.41, 5.74) is 0.669. The van der Waals surface area contributed by atoms with Crippen LogP contribution in [0.25, 0.3) is 0 Å². The van der Waals surface area contributed by atoms with Crippen molar-refractivity contribution in [1.29, 1.82) is 0 Å². The summed E-state index contributed by atoms with van der Waals surface area (Å²) >= 11 is 0. The molecule has 0 bridgehead atoms. The van der Waals surface area contributed by atoms with E-state index in [4.69, 9.17) is 5.11 Å². The Labute approximate surface area is 88.9 Å². The van der Waals surface area contributed by atoms with Crippen LogP contribution in [-0.2, 0) is 0 Å². The van der Waals surface area contributed by atoms with Gasteiger partial charge in [0, 0.05) is 19.3 Å². The lowest BCUT2D eigenvalue weighted by Gasteiger charge is -2.13. The van der Waals surface area contributed by atoms with Crippen LogP contribution in [0.1, 0.15) is 16.9 Å². The van der Waals surface area contributed by atoms with Gasteiger partial charge in [-0.05, 0) is 31.0 Å². The van der Waals surface area contributed by atoms with Crippen molar-refractivity contribution in [2.24, 2.45) is 5.92 Å². The summed E-state index contributed by atoms with van der Waals surface area (Å²) in [4.78, 5) is 16.7. The maximum absolute atomic E-state index is 11.7. The van der Waals surface area contributed by atoms with Gasteiger partial charge in [0.25, 0.3) is 0 Å². The van der Waals surface area contributed by atoms with Crippen molar-refractivity contribution in [2.45, 2.75) is 6.42 Å². The lowest BCUT2D eigenvalue weighted by molar-refractivity contribution is 0.0936. The van der Waals surface area contributed by atoms with Gasteiger partial charge in [0.05, 0.1) is 12.2 Å². The number of aromatic nitrogens is 1. The quantitative estimate of drug-likeness (QED) is 0.709. The second kappa shape index (κ2) is 4.59. The highest BCUT2D eigenvalue weighted by molar-refractivity contribution is 5.95. The lowest BCUT2D eigenvalue weighted by atomic mass is 10.1. The Morgan fingerprint density at radius 2 is 2.53 bits per heavy atom. The summed E-state index contributed by atoms with van der Waals surface area (Å²) in [6.45, 7) is 2.44. The standard InChI is InChI=1S/C11H16N2O2/c14-8-9-3-5-13(6-9)7-11(15)10-2-1-4-12-10/h1-2,4,9,12,14H,3,5-8H2/t9-/m0/s1. The molecule has 1 aromatic rings. The topological polar surface area (TPSA) is 56.3 Å². The number of hydrogen-bond donors (Lipinski definition) is 2. The van der Waals surface area contributed by atoms with Gasteiger partial charge in [-0.1, -0.05) is 0 Å². The number of nitrogens with one attached hydrogen (secondary N) is 1. The Morgan fingerprint density at radius 1 is 1.67 bits per heavy atom. The number of hydrogen-bond acceptors (Lipinski definition) is 3. The van der Waals surface area contributed by atoms with E-state index in [1.165, 1.54) is 0 Å². The van der Waals surface area contributed by atoms with Crippen LogP contribution >= 0.6 is 0 Å². The molecule has 0 saturated carbocycles. The molecule has 1 saturated heterocycles. The first-order valence-corrected chi connectivity index (χ1v) is 5.29. The van der Waals surface area contributed by atoms with E-state index in [-0.39, 0.29) is 12.4 Å². The van der Waals surface area contributed by atoms with E-state index in [1.54, 1.807) is 12.3 Å². The summed E-state index contributed by atoms with van der Waals surface area (Å²) in [5, 5.41) is 8.98.